The molecular weight excluding hydrogens is 796 g/mol. The molecule has 328 valence electrons. The molecule has 8 N–H and O–H groups in total. The van der Waals surface area contributed by atoms with Gasteiger partial charge in [-0.15, -0.1) is 0 Å². The van der Waals surface area contributed by atoms with Crippen LogP contribution in [0.2, 0.25) is 0 Å². The number of hydrogen-bond donors (Lipinski definition) is 7. The number of rotatable bonds is 17. The largest absolute Gasteiger partial charge is 0.468 e. The highest BCUT2D eigenvalue weighted by Gasteiger charge is 2.50. The van der Waals surface area contributed by atoms with E-state index in [1.54, 1.807) is 6.08 Å². The lowest BCUT2D eigenvalue weighted by atomic mass is 9.83. The maximum atomic E-state index is 13.5. The van der Waals surface area contributed by atoms with Crippen LogP contribution in [0.25, 0.3) is 0 Å². The van der Waals surface area contributed by atoms with Crippen LogP contribution in [0, 0.1) is 26.1 Å². The summed E-state index contributed by atoms with van der Waals surface area (Å²) in [6, 6.07) is 8.51. The Morgan fingerprint density at radius 2 is 1.47 bits per heavy atom. The maximum Gasteiger partial charge on any atom is 0.407 e. The van der Waals surface area contributed by atoms with Crippen LogP contribution >= 0.6 is 0 Å². The first-order chi connectivity index (χ1) is 28.7. The normalized spacial score (nSPS) is 26.9. The van der Waals surface area contributed by atoms with Gasteiger partial charge in [-0.05, 0) is 73.1 Å². The first-order valence-electron chi connectivity index (χ1n) is 19.3. The SMILES string of the molecule is C[C@@H]1CO[C@H](O[C@@H]2[C@@H](O)[C@H](O[C@@H]3CCC=C(CN)O3)[C@@H](NC(=O)OCc3ccc([N+](=O)[O-])cc3)C[C@H]2NC(=O)[C@H](O)CCNC(=O)OCc2ccc([N+](=O)[O-])cc2)[C@H](O)C1. The molecule has 2 aromatic carbocycles. The molecular formula is C38H50N6O16. The Morgan fingerprint density at radius 3 is 2.05 bits per heavy atom. The highest BCUT2D eigenvalue weighted by molar-refractivity contribution is 5.81. The second-order valence-corrected chi connectivity index (χ2v) is 14.6. The van der Waals surface area contributed by atoms with Crippen LogP contribution in [-0.2, 0) is 46.4 Å². The zero-order valence-corrected chi connectivity index (χ0v) is 32.7. The molecule has 0 radical (unpaired) electrons. The van der Waals surface area contributed by atoms with Gasteiger partial charge in [0.1, 0.15) is 49.5 Å². The van der Waals surface area contributed by atoms with Crippen LogP contribution in [-0.4, -0.2) is 118 Å². The van der Waals surface area contributed by atoms with E-state index in [0.29, 0.717) is 36.1 Å². The van der Waals surface area contributed by atoms with Crippen molar-refractivity contribution in [1.29, 1.82) is 0 Å². The summed E-state index contributed by atoms with van der Waals surface area (Å²) >= 11 is 0. The van der Waals surface area contributed by atoms with Crippen molar-refractivity contribution in [1.82, 2.24) is 16.0 Å². The number of hydrogen-bond acceptors (Lipinski definition) is 17. The lowest BCUT2D eigenvalue weighted by molar-refractivity contribution is -0.385. The first kappa shape index (κ1) is 45.6. The van der Waals surface area contributed by atoms with Crippen molar-refractivity contribution >= 4 is 29.5 Å². The third-order valence-corrected chi connectivity index (χ3v) is 9.99. The number of aliphatic hydroxyl groups excluding tert-OH is 3. The van der Waals surface area contributed by atoms with Crippen LogP contribution in [0.3, 0.4) is 0 Å². The van der Waals surface area contributed by atoms with Crippen LogP contribution in [0.5, 0.6) is 0 Å². The number of benzene rings is 2. The molecule has 0 unspecified atom stereocenters. The summed E-state index contributed by atoms with van der Waals surface area (Å²) in [4.78, 5) is 59.7. The molecule has 22 heteroatoms. The van der Waals surface area contributed by atoms with E-state index in [-0.39, 0.29) is 63.0 Å². The molecule has 0 bridgehead atoms. The van der Waals surface area contributed by atoms with Gasteiger partial charge in [0.15, 0.2) is 12.6 Å². The molecule has 2 aromatic rings. The zero-order chi connectivity index (χ0) is 43.3. The molecule has 22 nitrogen and oxygen atoms in total. The smallest absolute Gasteiger partial charge is 0.407 e. The Hall–Kier alpha value is -5.49. The molecule has 5 rings (SSSR count). The number of carbonyl (C=O) groups excluding carboxylic acids is 3. The lowest BCUT2D eigenvalue weighted by Crippen LogP contribution is -2.67. The second-order valence-electron chi connectivity index (χ2n) is 14.6. The molecule has 3 aliphatic rings. The minimum absolute atomic E-state index is 0.00454. The standard InChI is InChI=1S/C38H50N6O16/c1-21-15-30(46)36(55-18-21)60-34-27(41-35(48)29(45)13-14-40-37(49)56-19-22-5-9-24(10-6-22)43(51)52)16-28(33(32(34)47)59-31-4-2-3-26(17-39)58-31)42-38(50)57-20-23-7-11-25(12-8-23)44(53)54/h3,5-12,21,27-34,36,45-47H,2,4,13-20,39H2,1H3,(H,40,49)(H,41,48)(H,42,50)/t21-,27+,28-,29+,30+,31+,32-,33+,34-,36+/m0/s1. The Balaban J connectivity index is 1.27. The molecule has 60 heavy (non-hydrogen) atoms. The molecule has 3 amide bonds. The van der Waals surface area contributed by atoms with E-state index in [2.05, 4.69) is 16.0 Å². The number of nitrogens with one attached hydrogen (secondary N) is 3. The fourth-order valence-electron chi connectivity index (χ4n) is 6.83. The predicted octanol–water partition coefficient (Wildman–Crippen LogP) is 1.52. The average Bonchev–Trinajstić information content (AvgIpc) is 3.23. The summed E-state index contributed by atoms with van der Waals surface area (Å²) in [5, 5.41) is 63.3. The molecule has 0 spiro atoms. The molecule has 10 atom stereocenters. The number of nitrogens with zero attached hydrogens (tertiary/aromatic N) is 2. The topological polar surface area (TPSA) is 316 Å². The average molecular weight is 847 g/mol. The van der Waals surface area contributed by atoms with E-state index in [9.17, 15) is 49.9 Å². The molecule has 2 aliphatic heterocycles. The van der Waals surface area contributed by atoms with Crippen LogP contribution < -0.4 is 21.7 Å². The van der Waals surface area contributed by atoms with Crippen molar-refractivity contribution < 1.29 is 68.0 Å². The predicted molar refractivity (Wildman–Crippen MR) is 205 cm³/mol. The Bertz CT molecular complexity index is 1820. The molecule has 1 saturated heterocycles. The van der Waals surface area contributed by atoms with Gasteiger partial charge in [0, 0.05) is 37.2 Å². The van der Waals surface area contributed by atoms with E-state index >= 15 is 0 Å². The summed E-state index contributed by atoms with van der Waals surface area (Å²) in [7, 11) is 0. The Morgan fingerprint density at radius 1 is 0.883 bits per heavy atom. The third kappa shape index (κ3) is 13.0. The summed E-state index contributed by atoms with van der Waals surface area (Å²) in [5.41, 5.74) is 6.45. The van der Waals surface area contributed by atoms with Crippen LogP contribution in [0.15, 0.2) is 60.4 Å². The highest BCUT2D eigenvalue weighted by Crippen LogP contribution is 2.32. The molecule has 2 fully saturated rings. The molecule has 2 heterocycles. The number of nitro benzene ring substituents is 2. The summed E-state index contributed by atoms with van der Waals surface area (Å²) in [6.07, 6.45) is -8.40. The lowest BCUT2D eigenvalue weighted by Gasteiger charge is -2.47. The van der Waals surface area contributed by atoms with Crippen LogP contribution in [0.4, 0.5) is 21.0 Å². The van der Waals surface area contributed by atoms with Crippen molar-refractivity contribution in [3.05, 3.63) is 91.7 Å². The summed E-state index contributed by atoms with van der Waals surface area (Å²) in [5.74, 6) is -0.465. The van der Waals surface area contributed by atoms with Gasteiger partial charge in [-0.3, -0.25) is 25.0 Å². The molecule has 1 saturated carbocycles. The summed E-state index contributed by atoms with van der Waals surface area (Å²) < 4.78 is 34.5. The van der Waals surface area contributed by atoms with Crippen molar-refractivity contribution in [2.24, 2.45) is 11.7 Å². The molecule has 1 aliphatic carbocycles. The number of non-ortho nitro benzene ring substituents is 2. The van der Waals surface area contributed by atoms with Crippen molar-refractivity contribution in [3.8, 4) is 0 Å². The van der Waals surface area contributed by atoms with E-state index in [1.807, 2.05) is 6.92 Å². The fourth-order valence-corrected chi connectivity index (χ4v) is 6.83. The number of ether oxygens (including phenoxy) is 6. The van der Waals surface area contributed by atoms with E-state index < -0.39 is 83.1 Å². The Kier molecular flexibility index (Phi) is 16.5. The van der Waals surface area contributed by atoms with Gasteiger partial charge in [-0.25, -0.2) is 9.59 Å². The van der Waals surface area contributed by atoms with E-state index in [0.717, 1.165) is 0 Å². The second kappa shape index (κ2) is 21.7. The minimum atomic E-state index is -1.70. The van der Waals surface area contributed by atoms with Crippen LogP contribution in [0.1, 0.15) is 50.2 Å². The van der Waals surface area contributed by atoms with Gasteiger partial charge in [0.25, 0.3) is 11.4 Å². The number of alkyl carbamates (subject to hydrolysis) is 2. The number of nitrogens with two attached hydrogens (primary N) is 1. The number of carbonyl (C=O) groups is 3. The number of allylic oxidation sites excluding steroid dienone is 1. The highest BCUT2D eigenvalue weighted by atomic mass is 16.7. The van der Waals surface area contributed by atoms with Gasteiger partial charge < -0.3 is 65.4 Å². The van der Waals surface area contributed by atoms with Gasteiger partial charge in [-0.1, -0.05) is 6.92 Å². The quantitative estimate of drug-likeness (QED) is 0.0876. The van der Waals surface area contributed by atoms with Gasteiger partial charge >= 0.3 is 12.2 Å². The number of aliphatic hydroxyl groups is 3. The van der Waals surface area contributed by atoms with E-state index in [4.69, 9.17) is 34.2 Å². The zero-order valence-electron chi connectivity index (χ0n) is 32.7. The van der Waals surface area contributed by atoms with Crippen molar-refractivity contribution in [2.75, 3.05) is 19.7 Å². The number of amides is 3. The summed E-state index contributed by atoms with van der Waals surface area (Å²) in [6.45, 7) is 1.52. The minimum Gasteiger partial charge on any atom is -0.468 e. The van der Waals surface area contributed by atoms with E-state index in [1.165, 1.54) is 48.5 Å². The fraction of sp³-hybridized carbons (Fsp3) is 0.553. The van der Waals surface area contributed by atoms with Gasteiger partial charge in [0.2, 0.25) is 5.91 Å². The monoisotopic (exact) mass is 846 g/mol. The van der Waals surface area contributed by atoms with Gasteiger partial charge in [-0.2, -0.15) is 0 Å². The van der Waals surface area contributed by atoms with Crippen molar-refractivity contribution in [3.63, 3.8) is 0 Å². The number of nitro groups is 2. The maximum absolute atomic E-state index is 13.5. The first-order valence-corrected chi connectivity index (χ1v) is 19.3. The Labute approximate surface area is 343 Å². The molecule has 0 aromatic heterocycles. The van der Waals surface area contributed by atoms with Crippen molar-refractivity contribution in [2.45, 2.75) is 107 Å². The van der Waals surface area contributed by atoms with Gasteiger partial charge in [0.05, 0.1) is 35.1 Å². The third-order valence-electron chi connectivity index (χ3n) is 9.99.